The average molecular weight is 184 g/mol. The predicted octanol–water partition coefficient (Wildman–Crippen LogP) is 1.81. The maximum Gasteiger partial charge on any atom is 0.332 e. The van der Waals surface area contributed by atoms with Crippen LogP contribution in [0.25, 0.3) is 0 Å². The Hall–Kier alpha value is -0.570. The van der Waals surface area contributed by atoms with Gasteiger partial charge in [0.2, 0.25) is 0 Å². The molecular weight excluding hydrogens is 168 g/mol. The summed E-state index contributed by atoms with van der Waals surface area (Å²) in [4.78, 5) is 10.7. The lowest BCUT2D eigenvalue weighted by Crippen LogP contribution is -2.28. The van der Waals surface area contributed by atoms with Crippen molar-refractivity contribution < 1.29 is 14.6 Å². The first-order chi connectivity index (χ1) is 6.11. The highest BCUT2D eigenvalue weighted by Gasteiger charge is 2.46. The molecule has 0 radical (unpaired) electrons. The van der Waals surface area contributed by atoms with Gasteiger partial charge >= 0.3 is 5.97 Å². The van der Waals surface area contributed by atoms with E-state index in [1.807, 2.05) is 0 Å². The molecule has 1 aliphatic heterocycles. The largest absolute Gasteiger partial charge is 0.479 e. The zero-order valence-electron chi connectivity index (χ0n) is 7.95. The van der Waals surface area contributed by atoms with E-state index in [0.29, 0.717) is 12.3 Å². The van der Waals surface area contributed by atoms with Gasteiger partial charge in [-0.2, -0.15) is 0 Å². The van der Waals surface area contributed by atoms with Gasteiger partial charge < -0.3 is 9.84 Å². The van der Waals surface area contributed by atoms with Crippen LogP contribution in [0.1, 0.15) is 39.0 Å². The Morgan fingerprint density at radius 3 is 2.62 bits per heavy atom. The van der Waals surface area contributed by atoms with Crippen molar-refractivity contribution in [3.05, 3.63) is 0 Å². The summed E-state index contributed by atoms with van der Waals surface area (Å²) in [6, 6.07) is 0. The van der Waals surface area contributed by atoms with Gasteiger partial charge in [0.1, 0.15) is 0 Å². The quantitative estimate of drug-likeness (QED) is 0.676. The Morgan fingerprint density at radius 1 is 1.46 bits per heavy atom. The molecule has 2 rings (SSSR count). The van der Waals surface area contributed by atoms with Crippen molar-refractivity contribution in [1.29, 1.82) is 0 Å². The molecule has 0 aromatic rings. The van der Waals surface area contributed by atoms with Crippen molar-refractivity contribution in [3.8, 4) is 0 Å². The summed E-state index contributed by atoms with van der Waals surface area (Å²) < 4.78 is 5.64. The number of ether oxygens (including phenoxy) is 1. The Morgan fingerprint density at radius 2 is 2.15 bits per heavy atom. The van der Waals surface area contributed by atoms with E-state index in [1.54, 1.807) is 0 Å². The summed E-state index contributed by atoms with van der Waals surface area (Å²) in [6.45, 7) is 2.21. The Kier molecular flexibility index (Phi) is 2.06. The van der Waals surface area contributed by atoms with Crippen LogP contribution in [0.4, 0.5) is 0 Å². The highest BCUT2D eigenvalue weighted by Crippen LogP contribution is 2.45. The number of carboxylic acids is 1. The SMILES string of the molecule is CC1CCC2(CCC(C(=O)O)O2)C1. The lowest BCUT2D eigenvalue weighted by molar-refractivity contribution is -0.154. The predicted molar refractivity (Wildman–Crippen MR) is 47.5 cm³/mol. The van der Waals surface area contributed by atoms with E-state index in [9.17, 15) is 4.79 Å². The van der Waals surface area contributed by atoms with E-state index < -0.39 is 12.1 Å². The molecule has 1 saturated carbocycles. The van der Waals surface area contributed by atoms with Crippen LogP contribution in [-0.4, -0.2) is 22.8 Å². The summed E-state index contributed by atoms with van der Waals surface area (Å²) in [5.74, 6) is -0.0935. The van der Waals surface area contributed by atoms with Gasteiger partial charge in [-0.25, -0.2) is 4.79 Å². The number of rotatable bonds is 1. The number of aliphatic carboxylic acids is 1. The van der Waals surface area contributed by atoms with Crippen molar-refractivity contribution in [1.82, 2.24) is 0 Å². The normalized spacial score (nSPS) is 44.4. The lowest BCUT2D eigenvalue weighted by Gasteiger charge is -2.22. The first kappa shape index (κ1) is 9.00. The Labute approximate surface area is 78.1 Å². The van der Waals surface area contributed by atoms with Crippen molar-refractivity contribution >= 4 is 5.97 Å². The minimum Gasteiger partial charge on any atom is -0.479 e. The monoisotopic (exact) mass is 184 g/mol. The number of hydrogen-bond donors (Lipinski definition) is 1. The smallest absolute Gasteiger partial charge is 0.332 e. The fraction of sp³-hybridized carbons (Fsp3) is 0.900. The summed E-state index contributed by atoms with van der Waals surface area (Å²) in [7, 11) is 0. The van der Waals surface area contributed by atoms with E-state index in [-0.39, 0.29) is 5.60 Å². The minimum atomic E-state index is -0.795. The van der Waals surface area contributed by atoms with Crippen molar-refractivity contribution in [2.45, 2.75) is 50.7 Å². The van der Waals surface area contributed by atoms with Gasteiger partial charge in [-0.15, -0.1) is 0 Å². The van der Waals surface area contributed by atoms with Crippen molar-refractivity contribution in [2.24, 2.45) is 5.92 Å². The Bertz CT molecular complexity index is 226. The topological polar surface area (TPSA) is 46.5 Å². The Balaban J connectivity index is 2.01. The van der Waals surface area contributed by atoms with Crippen LogP contribution >= 0.6 is 0 Å². The molecule has 0 amide bonds. The van der Waals surface area contributed by atoms with Gasteiger partial charge in [0.25, 0.3) is 0 Å². The van der Waals surface area contributed by atoms with Crippen LogP contribution < -0.4 is 0 Å². The molecule has 3 atom stereocenters. The second-order valence-corrected chi connectivity index (χ2v) is 4.51. The number of hydrogen-bond acceptors (Lipinski definition) is 2. The molecule has 3 heteroatoms. The number of carboxylic acid groups (broad SMARTS) is 1. The highest BCUT2D eigenvalue weighted by atomic mass is 16.5. The van der Waals surface area contributed by atoms with E-state index in [4.69, 9.17) is 9.84 Å². The third-order valence-corrected chi connectivity index (χ3v) is 3.34. The zero-order valence-corrected chi connectivity index (χ0v) is 7.95. The summed E-state index contributed by atoms with van der Waals surface area (Å²) in [6.07, 6.45) is 4.39. The van der Waals surface area contributed by atoms with Crippen molar-refractivity contribution in [3.63, 3.8) is 0 Å². The second-order valence-electron chi connectivity index (χ2n) is 4.51. The fourth-order valence-corrected chi connectivity index (χ4v) is 2.67. The molecule has 0 aromatic carbocycles. The van der Waals surface area contributed by atoms with Gasteiger partial charge in [0.15, 0.2) is 6.10 Å². The van der Waals surface area contributed by atoms with E-state index in [1.165, 1.54) is 6.42 Å². The van der Waals surface area contributed by atoms with Gasteiger partial charge in [-0.1, -0.05) is 6.92 Å². The molecular formula is C10H16O3. The highest BCUT2D eigenvalue weighted by molar-refractivity contribution is 5.72. The van der Waals surface area contributed by atoms with E-state index in [0.717, 1.165) is 19.3 Å². The number of carbonyl (C=O) groups is 1. The second kappa shape index (κ2) is 2.98. The molecule has 74 valence electrons. The van der Waals surface area contributed by atoms with Crippen LogP contribution in [0.3, 0.4) is 0 Å². The lowest BCUT2D eigenvalue weighted by atomic mass is 9.97. The maximum atomic E-state index is 10.7. The third kappa shape index (κ3) is 1.57. The molecule has 3 nitrogen and oxygen atoms in total. The first-order valence-electron chi connectivity index (χ1n) is 5.02. The summed E-state index contributed by atoms with van der Waals surface area (Å²) in [5, 5.41) is 8.80. The molecule has 0 bridgehead atoms. The van der Waals surface area contributed by atoms with Crippen LogP contribution in [0.5, 0.6) is 0 Å². The van der Waals surface area contributed by atoms with E-state index >= 15 is 0 Å². The fourth-order valence-electron chi connectivity index (χ4n) is 2.67. The molecule has 1 N–H and O–H groups in total. The average Bonchev–Trinajstić information content (AvgIpc) is 2.61. The van der Waals surface area contributed by atoms with Crippen LogP contribution in [0.15, 0.2) is 0 Å². The van der Waals surface area contributed by atoms with Crippen LogP contribution in [-0.2, 0) is 9.53 Å². The van der Waals surface area contributed by atoms with Crippen molar-refractivity contribution in [2.75, 3.05) is 0 Å². The third-order valence-electron chi connectivity index (χ3n) is 3.34. The van der Waals surface area contributed by atoms with Gasteiger partial charge in [-0.05, 0) is 38.0 Å². The maximum absolute atomic E-state index is 10.7. The molecule has 13 heavy (non-hydrogen) atoms. The molecule has 1 saturated heterocycles. The molecule has 1 aliphatic carbocycles. The van der Waals surface area contributed by atoms with Crippen LogP contribution in [0.2, 0.25) is 0 Å². The van der Waals surface area contributed by atoms with E-state index in [2.05, 4.69) is 6.92 Å². The summed E-state index contributed by atoms with van der Waals surface area (Å²) >= 11 is 0. The molecule has 0 aromatic heterocycles. The van der Waals surface area contributed by atoms with Gasteiger partial charge in [-0.3, -0.25) is 0 Å². The molecule has 1 heterocycles. The standard InChI is InChI=1S/C10H16O3/c1-7-2-4-10(6-7)5-3-8(13-10)9(11)12/h7-8H,2-6H2,1H3,(H,11,12). The molecule has 1 spiro atoms. The van der Waals surface area contributed by atoms with Gasteiger partial charge in [0.05, 0.1) is 5.60 Å². The molecule has 3 unspecified atom stereocenters. The first-order valence-corrected chi connectivity index (χ1v) is 5.02. The van der Waals surface area contributed by atoms with Gasteiger partial charge in [0, 0.05) is 0 Å². The van der Waals surface area contributed by atoms with Crippen LogP contribution in [0, 0.1) is 5.92 Å². The molecule has 2 aliphatic rings. The zero-order chi connectivity index (χ0) is 9.47. The minimum absolute atomic E-state index is 0.0670. The molecule has 2 fully saturated rings. The summed E-state index contributed by atoms with van der Waals surface area (Å²) in [5.41, 5.74) is -0.0670.